The van der Waals surface area contributed by atoms with Gasteiger partial charge in [0, 0.05) is 23.5 Å². The molecule has 1 N–H and O–H groups in total. The average molecular weight is 268 g/mol. The van der Waals surface area contributed by atoms with Gasteiger partial charge in [-0.2, -0.15) is 0 Å². The minimum Gasteiger partial charge on any atom is -0.497 e. The molecule has 0 atom stereocenters. The summed E-state index contributed by atoms with van der Waals surface area (Å²) in [5, 5.41) is 1.33. The fourth-order valence-electron chi connectivity index (χ4n) is 3.20. The molecule has 2 heterocycles. The molecule has 1 aliphatic heterocycles. The number of rotatable bonds is 4. The number of H-pyrrole nitrogens is 1. The fourth-order valence-corrected chi connectivity index (χ4v) is 3.20. The molecule has 1 saturated carbocycles. The monoisotopic (exact) mass is 268 g/mol. The second-order valence-corrected chi connectivity index (χ2v) is 5.95. The Morgan fingerprint density at radius 2 is 2.25 bits per heavy atom. The molecular formula is C17H20N2O. The molecule has 0 saturated heterocycles. The average Bonchev–Trinajstić information content (AvgIpc) is 3.24. The predicted octanol–water partition coefficient (Wildman–Crippen LogP) is 3.71. The second kappa shape index (κ2) is 4.65. The van der Waals surface area contributed by atoms with E-state index in [-0.39, 0.29) is 0 Å². The lowest BCUT2D eigenvalue weighted by molar-refractivity contribution is 0.415. The van der Waals surface area contributed by atoms with Crippen LogP contribution in [0.4, 0.5) is 0 Å². The molecule has 1 aliphatic carbocycles. The molecule has 4 rings (SSSR count). The fraction of sp³-hybridized carbons (Fsp3) is 0.471. The summed E-state index contributed by atoms with van der Waals surface area (Å²) in [5.74, 6) is 1.88. The van der Waals surface area contributed by atoms with Crippen LogP contribution in [0.25, 0.3) is 10.9 Å². The van der Waals surface area contributed by atoms with Gasteiger partial charge in [-0.05, 0) is 42.9 Å². The Bertz CT molecular complexity index is 680. The topological polar surface area (TPSA) is 37.4 Å². The van der Waals surface area contributed by atoms with Crippen molar-refractivity contribution in [1.82, 2.24) is 4.98 Å². The van der Waals surface area contributed by atoms with Crippen LogP contribution in [0.3, 0.4) is 0 Å². The van der Waals surface area contributed by atoms with Gasteiger partial charge in [0.1, 0.15) is 5.75 Å². The van der Waals surface area contributed by atoms with Crippen molar-refractivity contribution in [3.05, 3.63) is 29.5 Å². The molecule has 0 spiro atoms. The number of fused-ring (bicyclic) bond motifs is 3. The van der Waals surface area contributed by atoms with Crippen molar-refractivity contribution in [3.8, 4) is 5.75 Å². The first kappa shape index (κ1) is 12.0. The molecular weight excluding hydrogens is 248 g/mol. The third-order valence-electron chi connectivity index (χ3n) is 4.55. The molecule has 1 aromatic carbocycles. The summed E-state index contributed by atoms with van der Waals surface area (Å²) in [6.45, 7) is 0.936. The summed E-state index contributed by atoms with van der Waals surface area (Å²) in [5.41, 5.74) is 5.19. The van der Waals surface area contributed by atoms with E-state index in [0.717, 1.165) is 31.1 Å². The van der Waals surface area contributed by atoms with Gasteiger partial charge in [-0.25, -0.2) is 0 Å². The molecule has 1 aromatic heterocycles. The van der Waals surface area contributed by atoms with Gasteiger partial charge in [-0.3, -0.25) is 4.99 Å². The molecule has 2 aliphatic rings. The van der Waals surface area contributed by atoms with Crippen molar-refractivity contribution in [2.45, 2.75) is 32.1 Å². The summed E-state index contributed by atoms with van der Waals surface area (Å²) in [6, 6.07) is 6.31. The normalized spacial score (nSPS) is 17.9. The van der Waals surface area contributed by atoms with Crippen molar-refractivity contribution in [3.63, 3.8) is 0 Å². The molecule has 0 unspecified atom stereocenters. The Morgan fingerprint density at radius 1 is 1.35 bits per heavy atom. The van der Waals surface area contributed by atoms with Crippen molar-refractivity contribution in [2.75, 3.05) is 13.7 Å². The van der Waals surface area contributed by atoms with Crippen LogP contribution in [-0.2, 0) is 6.42 Å². The molecule has 0 radical (unpaired) electrons. The Hall–Kier alpha value is -1.77. The lowest BCUT2D eigenvalue weighted by atomic mass is 9.99. The van der Waals surface area contributed by atoms with E-state index in [1.54, 1.807) is 7.11 Å². The highest BCUT2D eigenvalue weighted by molar-refractivity contribution is 6.06. The van der Waals surface area contributed by atoms with Gasteiger partial charge < -0.3 is 9.72 Å². The van der Waals surface area contributed by atoms with Crippen molar-refractivity contribution in [2.24, 2.45) is 10.9 Å². The van der Waals surface area contributed by atoms with Gasteiger partial charge in [0.25, 0.3) is 0 Å². The number of aromatic nitrogens is 1. The van der Waals surface area contributed by atoms with E-state index >= 15 is 0 Å². The SMILES string of the molecule is COc1ccc2c3c([nH]c2c1)C(CCC1CC1)=NCC3. The van der Waals surface area contributed by atoms with E-state index < -0.39 is 0 Å². The van der Waals surface area contributed by atoms with Crippen LogP contribution in [0.5, 0.6) is 5.75 Å². The lowest BCUT2D eigenvalue weighted by Crippen LogP contribution is -2.12. The predicted molar refractivity (Wildman–Crippen MR) is 81.9 cm³/mol. The van der Waals surface area contributed by atoms with Crippen molar-refractivity contribution in [1.29, 1.82) is 0 Å². The van der Waals surface area contributed by atoms with Crippen molar-refractivity contribution < 1.29 is 4.74 Å². The van der Waals surface area contributed by atoms with Crippen LogP contribution in [-0.4, -0.2) is 24.4 Å². The van der Waals surface area contributed by atoms with Crippen LogP contribution < -0.4 is 4.74 Å². The number of nitrogens with one attached hydrogen (secondary N) is 1. The summed E-state index contributed by atoms with van der Waals surface area (Å²) >= 11 is 0. The van der Waals surface area contributed by atoms with Crippen molar-refractivity contribution >= 4 is 16.6 Å². The minimum absolute atomic E-state index is 0.910. The van der Waals surface area contributed by atoms with Gasteiger partial charge in [0.05, 0.1) is 18.5 Å². The molecule has 1 fully saturated rings. The van der Waals surface area contributed by atoms with E-state index in [4.69, 9.17) is 9.73 Å². The third-order valence-corrected chi connectivity index (χ3v) is 4.55. The van der Waals surface area contributed by atoms with Crippen LogP contribution >= 0.6 is 0 Å². The number of hydrogen-bond acceptors (Lipinski definition) is 2. The standard InChI is InChI=1S/C17H20N2O/c1-20-12-5-6-13-14-8-9-18-15(7-4-11-2-3-11)17(14)19-16(13)10-12/h5-6,10-11,19H,2-4,7-9H2,1H3. The quantitative estimate of drug-likeness (QED) is 0.901. The second-order valence-electron chi connectivity index (χ2n) is 5.95. The van der Waals surface area contributed by atoms with E-state index in [1.807, 2.05) is 6.07 Å². The Morgan fingerprint density at radius 3 is 3.05 bits per heavy atom. The first-order valence-electron chi connectivity index (χ1n) is 7.57. The van der Waals surface area contributed by atoms with E-state index in [9.17, 15) is 0 Å². The zero-order valence-corrected chi connectivity index (χ0v) is 11.9. The lowest BCUT2D eigenvalue weighted by Gasteiger charge is -2.13. The Balaban J connectivity index is 1.72. The molecule has 2 aromatic rings. The summed E-state index contributed by atoms with van der Waals surface area (Å²) in [6.07, 6.45) is 6.32. The van der Waals surface area contributed by atoms with Gasteiger partial charge in [-0.15, -0.1) is 0 Å². The van der Waals surface area contributed by atoms with Crippen LogP contribution in [0.1, 0.15) is 36.9 Å². The molecule has 0 amide bonds. The minimum atomic E-state index is 0.910. The summed E-state index contributed by atoms with van der Waals surface area (Å²) in [4.78, 5) is 8.34. The number of ether oxygens (including phenoxy) is 1. The van der Waals surface area contributed by atoms with E-state index in [0.29, 0.717) is 0 Å². The number of methoxy groups -OCH3 is 1. The number of nitrogens with zero attached hydrogens (tertiary/aromatic N) is 1. The molecule has 104 valence electrons. The molecule has 3 nitrogen and oxygen atoms in total. The third kappa shape index (κ3) is 2.01. The summed E-state index contributed by atoms with van der Waals surface area (Å²) in [7, 11) is 1.71. The maximum absolute atomic E-state index is 5.32. The number of benzene rings is 1. The zero-order valence-electron chi connectivity index (χ0n) is 11.9. The maximum Gasteiger partial charge on any atom is 0.120 e. The van der Waals surface area contributed by atoms with Gasteiger partial charge >= 0.3 is 0 Å². The largest absolute Gasteiger partial charge is 0.497 e. The Kier molecular flexibility index (Phi) is 2.79. The first-order chi connectivity index (χ1) is 9.85. The smallest absolute Gasteiger partial charge is 0.120 e. The maximum atomic E-state index is 5.32. The zero-order chi connectivity index (χ0) is 13.5. The highest BCUT2D eigenvalue weighted by Crippen LogP contribution is 2.35. The Labute approximate surface area is 119 Å². The number of aromatic amines is 1. The highest BCUT2D eigenvalue weighted by atomic mass is 16.5. The van der Waals surface area contributed by atoms with Gasteiger partial charge in [0.2, 0.25) is 0 Å². The molecule has 0 bridgehead atoms. The molecule has 3 heteroatoms. The van der Waals surface area contributed by atoms with Gasteiger partial charge in [-0.1, -0.05) is 12.8 Å². The number of aliphatic imine (C=N–C) groups is 1. The van der Waals surface area contributed by atoms with Gasteiger partial charge in [0.15, 0.2) is 0 Å². The van der Waals surface area contributed by atoms with Crippen LogP contribution in [0.2, 0.25) is 0 Å². The van der Waals surface area contributed by atoms with Crippen LogP contribution in [0, 0.1) is 5.92 Å². The van der Waals surface area contributed by atoms with Crippen LogP contribution in [0.15, 0.2) is 23.2 Å². The van der Waals surface area contributed by atoms with E-state index in [2.05, 4.69) is 17.1 Å². The highest BCUT2D eigenvalue weighted by Gasteiger charge is 2.24. The molecule has 20 heavy (non-hydrogen) atoms. The number of hydrogen-bond donors (Lipinski definition) is 1. The van der Waals surface area contributed by atoms with E-state index in [1.165, 1.54) is 47.1 Å². The first-order valence-corrected chi connectivity index (χ1v) is 7.57. The summed E-state index contributed by atoms with van der Waals surface area (Å²) < 4.78 is 5.32.